The van der Waals surface area contributed by atoms with Crippen molar-refractivity contribution in [3.05, 3.63) is 69.1 Å². The number of aliphatic hydroxyl groups is 1. The van der Waals surface area contributed by atoms with Crippen LogP contribution in [-0.4, -0.2) is 10.1 Å². The summed E-state index contributed by atoms with van der Waals surface area (Å²) in [5.41, 5.74) is 0.923. The fourth-order valence-corrected chi connectivity index (χ4v) is 1.57. The van der Waals surface area contributed by atoms with E-state index in [1.54, 1.807) is 36.4 Å². The molecule has 0 bridgehead atoms. The molecule has 1 atom stereocenters. The molecule has 0 amide bonds. The molecule has 82 valence electrons. The Morgan fingerprint density at radius 3 is 2.44 bits per heavy atom. The molecular formula is C12H10ClNO2. The maximum Gasteiger partial charge on any atom is 0.248 e. The molecule has 0 fully saturated rings. The molecule has 0 aliphatic carbocycles. The first kappa shape index (κ1) is 10.9. The second-order valence-electron chi connectivity index (χ2n) is 3.42. The molecule has 16 heavy (non-hydrogen) atoms. The Hall–Kier alpha value is -1.58. The predicted octanol–water partition coefficient (Wildman–Crippen LogP) is 2.11. The minimum Gasteiger partial charge on any atom is -0.382 e. The fraction of sp³-hybridized carbons (Fsp3) is 0.0833. The molecule has 2 aromatic rings. The molecule has 0 saturated heterocycles. The molecule has 3 nitrogen and oxygen atoms in total. The van der Waals surface area contributed by atoms with Crippen LogP contribution in [0, 0.1) is 0 Å². The molecule has 2 N–H and O–H groups in total. The summed E-state index contributed by atoms with van der Waals surface area (Å²) in [6.07, 6.45) is -0.842. The molecule has 0 spiro atoms. The standard InChI is InChI=1S/C12H10ClNO2/c13-9-6-4-8(5-7-9)12(16)10-2-1-3-11(15)14-10/h1-7,12,16H,(H,14,15)/t12-/m1/s1. The van der Waals surface area contributed by atoms with Gasteiger partial charge in [-0.25, -0.2) is 0 Å². The highest BCUT2D eigenvalue weighted by Gasteiger charge is 2.10. The van der Waals surface area contributed by atoms with E-state index in [9.17, 15) is 9.90 Å². The number of aromatic nitrogens is 1. The smallest absolute Gasteiger partial charge is 0.248 e. The lowest BCUT2D eigenvalue weighted by Gasteiger charge is -2.10. The highest BCUT2D eigenvalue weighted by Crippen LogP contribution is 2.20. The summed E-state index contributed by atoms with van der Waals surface area (Å²) in [5.74, 6) is 0. The van der Waals surface area contributed by atoms with Gasteiger partial charge in [0.15, 0.2) is 0 Å². The first-order valence-corrected chi connectivity index (χ1v) is 5.17. The van der Waals surface area contributed by atoms with E-state index in [1.807, 2.05) is 0 Å². The first-order chi connectivity index (χ1) is 7.66. The molecule has 1 aromatic carbocycles. The van der Waals surface area contributed by atoms with Gasteiger partial charge < -0.3 is 10.1 Å². The summed E-state index contributed by atoms with van der Waals surface area (Å²) in [5, 5.41) is 10.6. The van der Waals surface area contributed by atoms with Crippen LogP contribution in [-0.2, 0) is 0 Å². The van der Waals surface area contributed by atoms with Gasteiger partial charge in [-0.15, -0.1) is 0 Å². The zero-order valence-corrected chi connectivity index (χ0v) is 9.11. The highest BCUT2D eigenvalue weighted by molar-refractivity contribution is 6.30. The van der Waals surface area contributed by atoms with Gasteiger partial charge in [0.05, 0.1) is 5.69 Å². The number of aliphatic hydroxyl groups excluding tert-OH is 1. The number of aromatic amines is 1. The SMILES string of the molecule is O=c1cccc([C@H](O)c2ccc(Cl)cc2)[nH]1. The zero-order valence-electron chi connectivity index (χ0n) is 8.35. The van der Waals surface area contributed by atoms with E-state index in [1.165, 1.54) is 6.07 Å². The number of hydrogen-bond donors (Lipinski definition) is 2. The molecule has 4 heteroatoms. The Balaban J connectivity index is 2.35. The Labute approximate surface area is 97.3 Å². The predicted molar refractivity (Wildman–Crippen MR) is 62.6 cm³/mol. The topological polar surface area (TPSA) is 53.1 Å². The van der Waals surface area contributed by atoms with Crippen LogP contribution in [0.2, 0.25) is 5.02 Å². The van der Waals surface area contributed by atoms with Crippen molar-refractivity contribution in [2.45, 2.75) is 6.10 Å². The third-order valence-corrected chi connectivity index (χ3v) is 2.52. The highest BCUT2D eigenvalue weighted by atomic mass is 35.5. The van der Waals surface area contributed by atoms with E-state index in [4.69, 9.17) is 11.6 Å². The fourth-order valence-electron chi connectivity index (χ4n) is 1.45. The molecule has 0 aliphatic rings. The van der Waals surface area contributed by atoms with E-state index in [-0.39, 0.29) is 5.56 Å². The molecular weight excluding hydrogens is 226 g/mol. The van der Waals surface area contributed by atoms with Crippen LogP contribution in [0.5, 0.6) is 0 Å². The monoisotopic (exact) mass is 235 g/mol. The summed E-state index contributed by atoms with van der Waals surface area (Å²) < 4.78 is 0. The lowest BCUT2D eigenvalue weighted by molar-refractivity contribution is 0.215. The van der Waals surface area contributed by atoms with Crippen LogP contribution in [0.3, 0.4) is 0 Å². The maximum absolute atomic E-state index is 11.1. The van der Waals surface area contributed by atoms with E-state index in [2.05, 4.69) is 4.98 Å². The molecule has 0 unspecified atom stereocenters. The van der Waals surface area contributed by atoms with Gasteiger partial charge in [0.2, 0.25) is 5.56 Å². The van der Waals surface area contributed by atoms with Gasteiger partial charge in [0.1, 0.15) is 6.10 Å². The number of benzene rings is 1. The van der Waals surface area contributed by atoms with Gasteiger partial charge in [-0.3, -0.25) is 4.79 Å². The zero-order chi connectivity index (χ0) is 11.5. The Bertz CT molecular complexity index is 533. The molecule has 1 heterocycles. The Kier molecular flexibility index (Phi) is 3.08. The Morgan fingerprint density at radius 1 is 1.12 bits per heavy atom. The summed E-state index contributed by atoms with van der Waals surface area (Å²) in [7, 11) is 0. The average Bonchev–Trinajstić information content (AvgIpc) is 2.29. The lowest BCUT2D eigenvalue weighted by atomic mass is 10.1. The second kappa shape index (κ2) is 4.51. The van der Waals surface area contributed by atoms with Gasteiger partial charge in [-0.05, 0) is 23.8 Å². The van der Waals surface area contributed by atoms with Crippen molar-refractivity contribution >= 4 is 11.6 Å². The number of pyridine rings is 1. The number of H-pyrrole nitrogens is 1. The lowest BCUT2D eigenvalue weighted by Crippen LogP contribution is -2.10. The minimum absolute atomic E-state index is 0.231. The van der Waals surface area contributed by atoms with Gasteiger partial charge in [0.25, 0.3) is 0 Å². The third kappa shape index (κ3) is 2.32. The second-order valence-corrected chi connectivity index (χ2v) is 3.86. The first-order valence-electron chi connectivity index (χ1n) is 4.79. The number of nitrogens with one attached hydrogen (secondary N) is 1. The largest absolute Gasteiger partial charge is 0.382 e. The van der Waals surface area contributed by atoms with Crippen LogP contribution in [0.25, 0.3) is 0 Å². The number of rotatable bonds is 2. The van der Waals surface area contributed by atoms with Crippen molar-refractivity contribution in [2.24, 2.45) is 0 Å². The van der Waals surface area contributed by atoms with Crippen molar-refractivity contribution in [3.63, 3.8) is 0 Å². The average molecular weight is 236 g/mol. The number of halogens is 1. The molecule has 1 aromatic heterocycles. The van der Waals surface area contributed by atoms with Gasteiger partial charge in [-0.2, -0.15) is 0 Å². The van der Waals surface area contributed by atoms with Crippen LogP contribution in [0.4, 0.5) is 0 Å². The molecule has 2 rings (SSSR count). The van der Waals surface area contributed by atoms with E-state index < -0.39 is 6.10 Å². The van der Waals surface area contributed by atoms with Crippen molar-refractivity contribution in [1.29, 1.82) is 0 Å². The molecule has 0 saturated carbocycles. The van der Waals surface area contributed by atoms with Crippen molar-refractivity contribution in [3.8, 4) is 0 Å². The minimum atomic E-state index is -0.842. The molecule has 0 aliphatic heterocycles. The van der Waals surface area contributed by atoms with Crippen LogP contribution < -0.4 is 5.56 Å². The molecule has 0 radical (unpaired) electrons. The van der Waals surface area contributed by atoms with Crippen LogP contribution >= 0.6 is 11.6 Å². The summed E-state index contributed by atoms with van der Waals surface area (Å²) >= 11 is 5.75. The van der Waals surface area contributed by atoms with E-state index >= 15 is 0 Å². The van der Waals surface area contributed by atoms with Crippen LogP contribution in [0.15, 0.2) is 47.3 Å². The van der Waals surface area contributed by atoms with Gasteiger partial charge in [-0.1, -0.05) is 29.8 Å². The van der Waals surface area contributed by atoms with E-state index in [0.29, 0.717) is 16.3 Å². The number of hydrogen-bond acceptors (Lipinski definition) is 2. The van der Waals surface area contributed by atoms with Crippen LogP contribution in [0.1, 0.15) is 17.4 Å². The Morgan fingerprint density at radius 2 is 1.81 bits per heavy atom. The van der Waals surface area contributed by atoms with Gasteiger partial charge in [0, 0.05) is 11.1 Å². The maximum atomic E-state index is 11.1. The van der Waals surface area contributed by atoms with Gasteiger partial charge >= 0.3 is 0 Å². The van der Waals surface area contributed by atoms with Crippen molar-refractivity contribution < 1.29 is 5.11 Å². The quantitative estimate of drug-likeness (QED) is 0.838. The van der Waals surface area contributed by atoms with E-state index in [0.717, 1.165) is 0 Å². The van der Waals surface area contributed by atoms with Crippen molar-refractivity contribution in [2.75, 3.05) is 0 Å². The summed E-state index contributed by atoms with van der Waals surface area (Å²) in [6, 6.07) is 11.5. The van der Waals surface area contributed by atoms with Crippen molar-refractivity contribution in [1.82, 2.24) is 4.98 Å². The summed E-state index contributed by atoms with van der Waals surface area (Å²) in [6.45, 7) is 0. The summed E-state index contributed by atoms with van der Waals surface area (Å²) in [4.78, 5) is 13.7. The third-order valence-electron chi connectivity index (χ3n) is 2.27. The normalized spacial score (nSPS) is 12.4.